The molecule has 0 unspecified atom stereocenters. The molecule has 2 aromatic rings. The van der Waals surface area contributed by atoms with Crippen molar-refractivity contribution in [3.8, 4) is 0 Å². The molecule has 0 amide bonds. The highest BCUT2D eigenvalue weighted by atomic mass is 19.4. The van der Waals surface area contributed by atoms with Gasteiger partial charge in [0.1, 0.15) is 0 Å². The molecule has 0 aliphatic rings. The number of alkyl halides is 3. The van der Waals surface area contributed by atoms with Crippen molar-refractivity contribution in [2.45, 2.75) is 6.18 Å². The summed E-state index contributed by atoms with van der Waals surface area (Å²) in [6.07, 6.45) is -2.95. The first-order chi connectivity index (χ1) is 10.8. The molecule has 1 heterocycles. The molecule has 0 atom stereocenters. The average molecular weight is 326 g/mol. The van der Waals surface area contributed by atoms with Crippen LogP contribution in [0.25, 0.3) is 0 Å². The van der Waals surface area contributed by atoms with Gasteiger partial charge < -0.3 is 15.5 Å². The third-order valence-electron chi connectivity index (χ3n) is 2.89. The zero-order valence-corrected chi connectivity index (χ0v) is 12.7. The maximum absolute atomic E-state index is 12.5. The van der Waals surface area contributed by atoms with Gasteiger partial charge in [0, 0.05) is 18.8 Å². The molecule has 0 fully saturated rings. The predicted molar refractivity (Wildman–Crippen MR) is 81.6 cm³/mol. The van der Waals surface area contributed by atoms with E-state index in [2.05, 4.69) is 25.8 Å². The van der Waals surface area contributed by atoms with E-state index in [0.717, 1.165) is 18.7 Å². The molecule has 124 valence electrons. The first-order valence-electron chi connectivity index (χ1n) is 6.87. The summed E-state index contributed by atoms with van der Waals surface area (Å²) in [7, 11) is 3.90. The van der Waals surface area contributed by atoms with Gasteiger partial charge in [0.25, 0.3) is 0 Å². The van der Waals surface area contributed by atoms with Crippen molar-refractivity contribution in [3.05, 3.63) is 36.0 Å². The molecule has 0 saturated carbocycles. The maximum Gasteiger partial charge on any atom is 0.416 e. The summed E-state index contributed by atoms with van der Waals surface area (Å²) in [5.74, 6) is 0.746. The van der Waals surface area contributed by atoms with Crippen molar-refractivity contribution in [1.29, 1.82) is 0 Å². The number of rotatable bonds is 6. The lowest BCUT2D eigenvalue weighted by Gasteiger charge is -2.11. The first-order valence-corrected chi connectivity index (χ1v) is 6.87. The number of benzene rings is 1. The summed E-state index contributed by atoms with van der Waals surface area (Å²) in [4.78, 5) is 6.20. The fourth-order valence-corrected chi connectivity index (χ4v) is 1.72. The summed E-state index contributed by atoms with van der Waals surface area (Å²) in [5.41, 5.74) is -0.215. The highest BCUT2D eigenvalue weighted by molar-refractivity contribution is 5.56. The van der Waals surface area contributed by atoms with Gasteiger partial charge in [-0.05, 0) is 38.4 Å². The molecular formula is C14H17F3N6. The first kappa shape index (κ1) is 16.9. The number of likely N-dealkylation sites (N-methyl/N-ethyl adjacent to an activating group) is 1. The Hall–Kier alpha value is -2.42. The van der Waals surface area contributed by atoms with E-state index in [0.29, 0.717) is 24.0 Å². The molecule has 0 aliphatic carbocycles. The van der Waals surface area contributed by atoms with Gasteiger partial charge in [-0.15, -0.1) is 5.10 Å². The van der Waals surface area contributed by atoms with Crippen molar-refractivity contribution in [3.63, 3.8) is 0 Å². The van der Waals surface area contributed by atoms with E-state index < -0.39 is 11.7 Å². The lowest BCUT2D eigenvalue weighted by Crippen LogP contribution is -2.21. The summed E-state index contributed by atoms with van der Waals surface area (Å²) in [5, 5.41) is 13.6. The van der Waals surface area contributed by atoms with Crippen LogP contribution >= 0.6 is 0 Å². The molecule has 1 aromatic carbocycles. The van der Waals surface area contributed by atoms with Gasteiger partial charge in [-0.1, -0.05) is 0 Å². The van der Waals surface area contributed by atoms with E-state index in [1.54, 1.807) is 0 Å². The molecule has 1 aromatic heterocycles. The van der Waals surface area contributed by atoms with Crippen molar-refractivity contribution in [2.75, 3.05) is 37.8 Å². The minimum Gasteiger partial charge on any atom is -0.352 e. The number of halogens is 3. The van der Waals surface area contributed by atoms with Crippen LogP contribution in [0.3, 0.4) is 0 Å². The van der Waals surface area contributed by atoms with E-state index in [1.165, 1.54) is 18.3 Å². The minimum atomic E-state index is -4.35. The summed E-state index contributed by atoms with van der Waals surface area (Å²) in [6.45, 7) is 1.46. The SMILES string of the molecule is CN(C)CCNc1nncc(Nc2ccc(C(F)(F)F)cc2)n1. The molecule has 0 spiro atoms. The molecule has 2 rings (SSSR count). The van der Waals surface area contributed by atoms with Gasteiger partial charge in [-0.3, -0.25) is 0 Å². The van der Waals surface area contributed by atoms with Gasteiger partial charge in [-0.25, -0.2) is 0 Å². The van der Waals surface area contributed by atoms with Crippen LogP contribution in [0.4, 0.5) is 30.6 Å². The predicted octanol–water partition coefficient (Wildman–Crippen LogP) is 2.61. The van der Waals surface area contributed by atoms with E-state index in [4.69, 9.17) is 0 Å². The van der Waals surface area contributed by atoms with Gasteiger partial charge in [0.05, 0.1) is 11.8 Å². The number of anilines is 3. The summed E-state index contributed by atoms with van der Waals surface area (Å²) < 4.78 is 37.5. The molecule has 9 heteroatoms. The number of nitrogens with one attached hydrogen (secondary N) is 2. The van der Waals surface area contributed by atoms with E-state index in [9.17, 15) is 13.2 Å². The largest absolute Gasteiger partial charge is 0.416 e. The van der Waals surface area contributed by atoms with Gasteiger partial charge in [0.15, 0.2) is 5.82 Å². The highest BCUT2D eigenvalue weighted by Gasteiger charge is 2.29. The zero-order valence-electron chi connectivity index (χ0n) is 12.7. The highest BCUT2D eigenvalue weighted by Crippen LogP contribution is 2.30. The van der Waals surface area contributed by atoms with Crippen LogP contribution < -0.4 is 10.6 Å². The fraction of sp³-hybridized carbons (Fsp3) is 0.357. The lowest BCUT2D eigenvalue weighted by atomic mass is 10.2. The Kier molecular flexibility index (Phi) is 5.32. The van der Waals surface area contributed by atoms with Crippen LogP contribution in [-0.2, 0) is 6.18 Å². The van der Waals surface area contributed by atoms with Gasteiger partial charge in [0.2, 0.25) is 5.95 Å². The summed E-state index contributed by atoms with van der Waals surface area (Å²) >= 11 is 0. The second-order valence-electron chi connectivity index (χ2n) is 5.10. The standard InChI is InChI=1S/C14H17F3N6/c1-23(2)8-7-18-13-21-12(9-19-22-13)20-11-5-3-10(4-6-11)14(15,16)17/h3-6,9H,7-8H2,1-2H3,(H2,18,20,21,22). The monoisotopic (exact) mass is 326 g/mol. The van der Waals surface area contributed by atoms with Crippen LogP contribution in [0.1, 0.15) is 5.56 Å². The van der Waals surface area contributed by atoms with Crippen LogP contribution in [-0.4, -0.2) is 47.3 Å². The second-order valence-corrected chi connectivity index (χ2v) is 5.10. The lowest BCUT2D eigenvalue weighted by molar-refractivity contribution is -0.137. The molecule has 0 radical (unpaired) electrons. The Balaban J connectivity index is 2.00. The van der Waals surface area contributed by atoms with Gasteiger partial charge >= 0.3 is 6.18 Å². The molecule has 6 nitrogen and oxygen atoms in total. The van der Waals surface area contributed by atoms with Crippen LogP contribution in [0.15, 0.2) is 30.5 Å². The molecule has 0 aliphatic heterocycles. The molecule has 0 bridgehead atoms. The van der Waals surface area contributed by atoms with Crippen LogP contribution in [0.2, 0.25) is 0 Å². The van der Waals surface area contributed by atoms with Crippen molar-refractivity contribution in [2.24, 2.45) is 0 Å². The zero-order chi connectivity index (χ0) is 16.9. The average Bonchev–Trinajstić information content (AvgIpc) is 2.47. The molecular weight excluding hydrogens is 309 g/mol. The van der Waals surface area contributed by atoms with Crippen LogP contribution in [0.5, 0.6) is 0 Å². The van der Waals surface area contributed by atoms with Gasteiger partial charge in [-0.2, -0.15) is 23.3 Å². The Morgan fingerprint density at radius 3 is 2.43 bits per heavy atom. The van der Waals surface area contributed by atoms with Crippen molar-refractivity contribution in [1.82, 2.24) is 20.1 Å². The van der Waals surface area contributed by atoms with E-state index >= 15 is 0 Å². The Labute approximate surface area is 131 Å². The molecule has 2 N–H and O–H groups in total. The quantitative estimate of drug-likeness (QED) is 0.851. The van der Waals surface area contributed by atoms with Crippen LogP contribution in [0, 0.1) is 0 Å². The van der Waals surface area contributed by atoms with E-state index in [1.807, 2.05) is 19.0 Å². The normalized spacial score (nSPS) is 11.6. The Bertz CT molecular complexity index is 627. The third kappa shape index (κ3) is 5.37. The minimum absolute atomic E-state index is 0.351. The smallest absolute Gasteiger partial charge is 0.352 e. The number of nitrogens with zero attached hydrogens (tertiary/aromatic N) is 4. The maximum atomic E-state index is 12.5. The number of hydrogen-bond donors (Lipinski definition) is 2. The topological polar surface area (TPSA) is 66.0 Å². The Morgan fingerprint density at radius 1 is 1.13 bits per heavy atom. The molecule has 23 heavy (non-hydrogen) atoms. The van der Waals surface area contributed by atoms with Crippen molar-refractivity contribution >= 4 is 17.5 Å². The molecule has 0 saturated heterocycles. The van der Waals surface area contributed by atoms with Crippen molar-refractivity contribution < 1.29 is 13.2 Å². The van der Waals surface area contributed by atoms with E-state index in [-0.39, 0.29) is 0 Å². The summed E-state index contributed by atoms with van der Waals surface area (Å²) in [6, 6.07) is 4.69. The number of aromatic nitrogens is 3. The second kappa shape index (κ2) is 7.23. The number of hydrogen-bond acceptors (Lipinski definition) is 6. The third-order valence-corrected chi connectivity index (χ3v) is 2.89. The fourth-order valence-electron chi connectivity index (χ4n) is 1.72. The Morgan fingerprint density at radius 2 is 1.83 bits per heavy atom.